The normalized spacial score (nSPS) is 10.7. The molecule has 0 bridgehead atoms. The van der Waals surface area contributed by atoms with Gasteiger partial charge in [-0.15, -0.1) is 0 Å². The molecule has 0 saturated carbocycles. The van der Waals surface area contributed by atoms with Gasteiger partial charge in [-0.05, 0) is 12.1 Å². The highest BCUT2D eigenvalue weighted by Gasteiger charge is 2.15. The predicted octanol–water partition coefficient (Wildman–Crippen LogP) is -0.684. The van der Waals surface area contributed by atoms with Gasteiger partial charge in [0, 0.05) is 6.20 Å². The topological polar surface area (TPSA) is 120 Å². The Hall–Kier alpha value is -1.98. The van der Waals surface area contributed by atoms with Crippen LogP contribution in [0.1, 0.15) is 5.69 Å². The third kappa shape index (κ3) is 3.01. The fraction of sp³-hybridized carbons (Fsp3) is 0.125. The molecular weight excluding hydrogens is 234 g/mol. The molecule has 7 nitrogen and oxygen atoms in total. The second-order valence-electron chi connectivity index (χ2n) is 2.71. The molecule has 0 radical (unpaired) electrons. The Balaban J connectivity index is 2.91. The third-order valence-electron chi connectivity index (χ3n) is 1.57. The van der Waals surface area contributed by atoms with Gasteiger partial charge >= 0.3 is 5.97 Å². The van der Waals surface area contributed by atoms with E-state index < -0.39 is 22.5 Å². The number of aromatic nitrogens is 1. The maximum absolute atomic E-state index is 11.4. The van der Waals surface area contributed by atoms with Crippen molar-refractivity contribution in [1.29, 1.82) is 5.26 Å². The minimum Gasteiger partial charge on any atom is -0.480 e. The summed E-state index contributed by atoms with van der Waals surface area (Å²) in [5.74, 6) is -1.29. The van der Waals surface area contributed by atoms with E-state index in [1.165, 1.54) is 12.1 Å². The molecule has 0 aliphatic rings. The van der Waals surface area contributed by atoms with Crippen molar-refractivity contribution in [1.82, 2.24) is 9.71 Å². The van der Waals surface area contributed by atoms with Crippen LogP contribution in [0.15, 0.2) is 23.2 Å². The van der Waals surface area contributed by atoms with Gasteiger partial charge in [-0.3, -0.25) is 4.79 Å². The number of nitrogens with one attached hydrogen (secondary N) is 1. The van der Waals surface area contributed by atoms with Gasteiger partial charge in [0.15, 0.2) is 0 Å². The van der Waals surface area contributed by atoms with E-state index in [9.17, 15) is 13.2 Å². The average molecular weight is 241 g/mol. The Bertz CT molecular complexity index is 529. The standard InChI is InChI=1S/C8H7N3O4S/c9-3-6-1-2-7(4-10-6)16(14,15)11-5-8(12)13/h1-2,4,11H,5H2,(H,12,13). The number of pyridine rings is 1. The highest BCUT2D eigenvalue weighted by molar-refractivity contribution is 7.89. The summed E-state index contributed by atoms with van der Waals surface area (Å²) >= 11 is 0. The molecule has 0 spiro atoms. The summed E-state index contributed by atoms with van der Waals surface area (Å²) in [4.78, 5) is 13.6. The zero-order valence-corrected chi connectivity index (χ0v) is 8.73. The Morgan fingerprint density at radius 2 is 2.25 bits per heavy atom. The summed E-state index contributed by atoms with van der Waals surface area (Å²) in [6.07, 6.45) is 0.989. The summed E-state index contributed by atoms with van der Waals surface area (Å²) in [6.45, 7) is -0.706. The number of rotatable bonds is 4. The Morgan fingerprint density at radius 1 is 1.56 bits per heavy atom. The van der Waals surface area contributed by atoms with Gasteiger partial charge in [0.25, 0.3) is 0 Å². The summed E-state index contributed by atoms with van der Waals surface area (Å²) in [5, 5.41) is 16.8. The van der Waals surface area contributed by atoms with Crippen molar-refractivity contribution in [3.8, 4) is 6.07 Å². The van der Waals surface area contributed by atoms with Crippen LogP contribution in [0.5, 0.6) is 0 Å². The van der Waals surface area contributed by atoms with E-state index in [1.807, 2.05) is 4.72 Å². The fourth-order valence-electron chi connectivity index (χ4n) is 0.845. The second-order valence-corrected chi connectivity index (χ2v) is 4.48. The average Bonchev–Trinajstić information content (AvgIpc) is 2.27. The van der Waals surface area contributed by atoms with E-state index >= 15 is 0 Å². The number of hydrogen-bond donors (Lipinski definition) is 2. The number of nitrogens with zero attached hydrogens (tertiary/aromatic N) is 2. The van der Waals surface area contributed by atoms with Gasteiger partial charge in [0.1, 0.15) is 23.2 Å². The molecule has 0 saturated heterocycles. The van der Waals surface area contributed by atoms with Crippen LogP contribution in [0.2, 0.25) is 0 Å². The van der Waals surface area contributed by atoms with E-state index in [2.05, 4.69) is 4.98 Å². The monoisotopic (exact) mass is 241 g/mol. The van der Waals surface area contributed by atoms with Gasteiger partial charge in [-0.2, -0.15) is 9.98 Å². The minimum absolute atomic E-state index is 0.0807. The molecule has 0 aliphatic carbocycles. The van der Waals surface area contributed by atoms with Gasteiger partial charge in [-0.25, -0.2) is 13.4 Å². The molecule has 16 heavy (non-hydrogen) atoms. The van der Waals surface area contributed by atoms with E-state index in [0.29, 0.717) is 0 Å². The molecule has 84 valence electrons. The lowest BCUT2D eigenvalue weighted by Crippen LogP contribution is -2.29. The number of sulfonamides is 1. The van der Waals surface area contributed by atoms with Crippen molar-refractivity contribution < 1.29 is 18.3 Å². The summed E-state index contributed by atoms with van der Waals surface area (Å²) in [5.41, 5.74) is 0.0807. The van der Waals surface area contributed by atoms with Gasteiger partial charge in [0.2, 0.25) is 10.0 Å². The lowest BCUT2D eigenvalue weighted by molar-refractivity contribution is -0.135. The molecule has 0 amide bonds. The van der Waals surface area contributed by atoms with Crippen LogP contribution < -0.4 is 4.72 Å². The molecule has 1 heterocycles. The molecule has 2 N–H and O–H groups in total. The first-order valence-corrected chi connectivity index (χ1v) is 5.51. The quantitative estimate of drug-likeness (QED) is 0.720. The van der Waals surface area contributed by atoms with Crippen molar-refractivity contribution in [2.24, 2.45) is 0 Å². The van der Waals surface area contributed by atoms with Crippen LogP contribution >= 0.6 is 0 Å². The zero-order chi connectivity index (χ0) is 12.2. The molecule has 0 atom stereocenters. The lowest BCUT2D eigenvalue weighted by Gasteiger charge is -2.03. The molecule has 0 aliphatic heterocycles. The molecule has 0 fully saturated rings. The summed E-state index contributed by atoms with van der Waals surface area (Å²) < 4.78 is 24.7. The molecule has 0 aromatic carbocycles. The predicted molar refractivity (Wildman–Crippen MR) is 51.8 cm³/mol. The first-order chi connectivity index (χ1) is 7.45. The van der Waals surface area contributed by atoms with Crippen molar-refractivity contribution in [2.45, 2.75) is 4.90 Å². The van der Waals surface area contributed by atoms with E-state index in [4.69, 9.17) is 10.4 Å². The van der Waals surface area contributed by atoms with Crippen molar-refractivity contribution in [3.05, 3.63) is 24.0 Å². The van der Waals surface area contributed by atoms with Crippen LogP contribution in [0, 0.1) is 11.3 Å². The Kier molecular flexibility index (Phi) is 3.55. The zero-order valence-electron chi connectivity index (χ0n) is 7.91. The molecule has 1 rings (SSSR count). The highest BCUT2D eigenvalue weighted by Crippen LogP contribution is 2.06. The van der Waals surface area contributed by atoms with Gasteiger partial charge in [0.05, 0.1) is 0 Å². The number of carboxylic acid groups (broad SMARTS) is 1. The SMILES string of the molecule is N#Cc1ccc(S(=O)(=O)NCC(=O)O)cn1. The van der Waals surface area contributed by atoms with E-state index in [-0.39, 0.29) is 10.6 Å². The summed E-state index contributed by atoms with van der Waals surface area (Å²) in [7, 11) is -3.88. The lowest BCUT2D eigenvalue weighted by atomic mass is 10.4. The van der Waals surface area contributed by atoms with Gasteiger partial charge in [-0.1, -0.05) is 0 Å². The van der Waals surface area contributed by atoms with Crippen LogP contribution in [0.25, 0.3) is 0 Å². The first kappa shape index (κ1) is 12.1. The van der Waals surface area contributed by atoms with Crippen LogP contribution in [0.3, 0.4) is 0 Å². The maximum Gasteiger partial charge on any atom is 0.318 e. The molecule has 1 aromatic rings. The fourth-order valence-corrected chi connectivity index (χ4v) is 1.76. The van der Waals surface area contributed by atoms with E-state index in [1.54, 1.807) is 6.07 Å². The van der Waals surface area contributed by atoms with Gasteiger partial charge < -0.3 is 5.11 Å². The Labute approximate surface area is 91.4 Å². The molecule has 1 aromatic heterocycles. The minimum atomic E-state index is -3.88. The highest BCUT2D eigenvalue weighted by atomic mass is 32.2. The largest absolute Gasteiger partial charge is 0.480 e. The van der Waals surface area contributed by atoms with Crippen molar-refractivity contribution >= 4 is 16.0 Å². The van der Waals surface area contributed by atoms with Crippen molar-refractivity contribution in [2.75, 3.05) is 6.54 Å². The Morgan fingerprint density at radius 3 is 2.69 bits per heavy atom. The number of hydrogen-bond acceptors (Lipinski definition) is 5. The van der Waals surface area contributed by atoms with E-state index in [0.717, 1.165) is 6.20 Å². The van der Waals surface area contributed by atoms with Crippen LogP contribution in [-0.2, 0) is 14.8 Å². The maximum atomic E-state index is 11.4. The molecular formula is C8H7N3O4S. The van der Waals surface area contributed by atoms with Crippen molar-refractivity contribution in [3.63, 3.8) is 0 Å². The number of carbonyl (C=O) groups is 1. The molecule has 8 heteroatoms. The number of nitriles is 1. The smallest absolute Gasteiger partial charge is 0.318 e. The molecule has 0 unspecified atom stereocenters. The third-order valence-corrected chi connectivity index (χ3v) is 2.96. The number of aliphatic carboxylic acids is 1. The van der Waals surface area contributed by atoms with Crippen LogP contribution in [0.4, 0.5) is 0 Å². The van der Waals surface area contributed by atoms with Crippen LogP contribution in [-0.4, -0.2) is 31.0 Å². The summed E-state index contributed by atoms with van der Waals surface area (Å²) in [6, 6.07) is 4.14. The first-order valence-electron chi connectivity index (χ1n) is 4.03. The second kappa shape index (κ2) is 4.69. The number of carboxylic acids is 1.